The van der Waals surface area contributed by atoms with Gasteiger partial charge in [0.2, 0.25) is 0 Å². The van der Waals surface area contributed by atoms with Gasteiger partial charge >= 0.3 is 0 Å². The summed E-state index contributed by atoms with van der Waals surface area (Å²) < 4.78 is 35.6. The predicted octanol–water partition coefficient (Wildman–Crippen LogP) is 3.56. The average Bonchev–Trinajstić information content (AvgIpc) is 3.09. The minimum Gasteiger partial charge on any atom is -0.492 e. The summed E-state index contributed by atoms with van der Waals surface area (Å²) in [4.78, 5) is 4.00. The fraction of sp³-hybridized carbons (Fsp3) is 0.353. The van der Waals surface area contributed by atoms with Crippen LogP contribution in [0.1, 0.15) is 12.0 Å². The van der Waals surface area contributed by atoms with Gasteiger partial charge in [-0.3, -0.25) is 4.55 Å². The zero-order valence-corrected chi connectivity index (χ0v) is 17.1. The van der Waals surface area contributed by atoms with Gasteiger partial charge in [-0.05, 0) is 40.5 Å². The highest BCUT2D eigenvalue weighted by Gasteiger charge is 2.15. The molecule has 0 spiro atoms. The van der Waals surface area contributed by atoms with Crippen molar-refractivity contribution in [3.8, 4) is 5.75 Å². The summed E-state index contributed by atoms with van der Waals surface area (Å²) in [5.41, 5.74) is 0.593. The zero-order chi connectivity index (χ0) is 19.0. The number of hydrogen-bond acceptors (Lipinski definition) is 5. The molecule has 1 aliphatic rings. The van der Waals surface area contributed by atoms with Crippen molar-refractivity contribution in [2.45, 2.75) is 12.2 Å². The van der Waals surface area contributed by atoms with Gasteiger partial charge in [-0.25, -0.2) is 4.98 Å². The van der Waals surface area contributed by atoms with Crippen molar-refractivity contribution >= 4 is 37.6 Å². The Bertz CT molecular complexity index is 800. The SMILES string of the molecule is Clc1ncc(OCC2CCNC2)cc1Br.O=S(=O)(O)Cc1ccccc1. The number of rotatable bonds is 5. The first-order valence-electron chi connectivity index (χ1n) is 7.97. The summed E-state index contributed by atoms with van der Waals surface area (Å²) in [7, 11) is -3.88. The molecule has 0 aliphatic carbocycles. The highest BCUT2D eigenvalue weighted by atomic mass is 79.9. The molecule has 6 nitrogen and oxygen atoms in total. The molecular weight excluding hydrogens is 444 g/mol. The van der Waals surface area contributed by atoms with E-state index in [1.165, 1.54) is 6.42 Å². The Hall–Kier alpha value is -1.19. The summed E-state index contributed by atoms with van der Waals surface area (Å²) in [5, 5.41) is 3.77. The van der Waals surface area contributed by atoms with E-state index in [1.54, 1.807) is 36.5 Å². The normalized spacial score (nSPS) is 16.7. The van der Waals surface area contributed by atoms with Gasteiger partial charge in [-0.2, -0.15) is 8.42 Å². The first-order valence-corrected chi connectivity index (χ1v) is 10.7. The summed E-state index contributed by atoms with van der Waals surface area (Å²) in [6, 6.07) is 10.4. The van der Waals surface area contributed by atoms with E-state index in [0.29, 0.717) is 16.6 Å². The molecule has 142 valence electrons. The van der Waals surface area contributed by atoms with E-state index >= 15 is 0 Å². The average molecular weight is 464 g/mol. The molecule has 1 aromatic heterocycles. The number of nitrogens with zero attached hydrogens (tertiary/aromatic N) is 1. The molecule has 1 aliphatic heterocycles. The maximum Gasteiger partial charge on any atom is 0.269 e. The first kappa shape index (κ1) is 21.1. The van der Waals surface area contributed by atoms with Crippen LogP contribution < -0.4 is 10.1 Å². The fourth-order valence-corrected chi connectivity index (χ4v) is 3.38. The van der Waals surface area contributed by atoms with Crippen molar-refractivity contribution in [1.82, 2.24) is 10.3 Å². The zero-order valence-electron chi connectivity index (χ0n) is 13.9. The highest BCUT2D eigenvalue weighted by molar-refractivity contribution is 9.10. The number of hydrogen-bond donors (Lipinski definition) is 2. The Morgan fingerprint density at radius 3 is 2.65 bits per heavy atom. The van der Waals surface area contributed by atoms with Crippen LogP contribution in [-0.4, -0.2) is 37.7 Å². The predicted molar refractivity (Wildman–Crippen MR) is 105 cm³/mol. The van der Waals surface area contributed by atoms with Crippen LogP contribution >= 0.6 is 27.5 Å². The van der Waals surface area contributed by atoms with Gasteiger partial charge in [0.05, 0.1) is 17.3 Å². The Morgan fingerprint density at radius 2 is 2.08 bits per heavy atom. The molecule has 0 amide bonds. The molecule has 2 aromatic rings. The third-order valence-electron chi connectivity index (χ3n) is 3.61. The lowest BCUT2D eigenvalue weighted by molar-refractivity contribution is 0.259. The van der Waals surface area contributed by atoms with Crippen LogP contribution in [0, 0.1) is 5.92 Å². The van der Waals surface area contributed by atoms with Gasteiger partial charge in [0.15, 0.2) is 0 Å². The van der Waals surface area contributed by atoms with E-state index in [2.05, 4.69) is 26.2 Å². The van der Waals surface area contributed by atoms with Gasteiger partial charge in [-0.1, -0.05) is 41.9 Å². The second-order valence-electron chi connectivity index (χ2n) is 5.83. The van der Waals surface area contributed by atoms with Crippen LogP contribution in [0.5, 0.6) is 5.75 Å². The summed E-state index contributed by atoms with van der Waals surface area (Å²) in [6.07, 6.45) is 2.83. The Labute approximate surface area is 166 Å². The summed E-state index contributed by atoms with van der Waals surface area (Å²) in [6.45, 7) is 2.88. The molecule has 2 heterocycles. The van der Waals surface area contributed by atoms with Crippen LogP contribution in [0.3, 0.4) is 0 Å². The number of pyridine rings is 1. The van der Waals surface area contributed by atoms with Gasteiger partial charge in [0, 0.05) is 12.5 Å². The molecule has 2 N–H and O–H groups in total. The fourth-order valence-electron chi connectivity index (χ4n) is 2.34. The second-order valence-corrected chi connectivity index (χ2v) is 8.49. The maximum atomic E-state index is 10.4. The maximum absolute atomic E-state index is 10.4. The van der Waals surface area contributed by atoms with Gasteiger partial charge < -0.3 is 10.1 Å². The lowest BCUT2D eigenvalue weighted by atomic mass is 10.1. The molecule has 0 saturated carbocycles. The monoisotopic (exact) mass is 462 g/mol. The smallest absolute Gasteiger partial charge is 0.269 e. The molecular formula is C17H20BrClN2O4S. The quantitative estimate of drug-likeness (QED) is 0.521. The van der Waals surface area contributed by atoms with Crippen LogP contribution in [0.25, 0.3) is 0 Å². The molecule has 0 radical (unpaired) electrons. The van der Waals surface area contributed by atoms with Crippen molar-refractivity contribution in [3.63, 3.8) is 0 Å². The molecule has 26 heavy (non-hydrogen) atoms. The third-order valence-corrected chi connectivity index (χ3v) is 5.44. The summed E-state index contributed by atoms with van der Waals surface area (Å²) >= 11 is 9.10. The van der Waals surface area contributed by atoms with Crippen molar-refractivity contribution in [2.75, 3.05) is 19.7 Å². The van der Waals surface area contributed by atoms with E-state index in [-0.39, 0.29) is 5.75 Å². The minimum absolute atomic E-state index is 0.312. The number of halogens is 2. The molecule has 1 unspecified atom stereocenters. The molecule has 9 heteroatoms. The Balaban J connectivity index is 0.000000197. The third kappa shape index (κ3) is 8.01. The number of aromatic nitrogens is 1. The van der Waals surface area contributed by atoms with Crippen LogP contribution in [0.15, 0.2) is 47.1 Å². The molecule has 1 saturated heterocycles. The first-order chi connectivity index (χ1) is 12.3. The van der Waals surface area contributed by atoms with Gasteiger partial charge in [0.25, 0.3) is 10.1 Å². The topological polar surface area (TPSA) is 88.5 Å². The molecule has 1 fully saturated rings. The molecule has 1 aromatic carbocycles. The minimum atomic E-state index is -3.88. The van der Waals surface area contributed by atoms with Crippen LogP contribution in [0.2, 0.25) is 5.15 Å². The van der Waals surface area contributed by atoms with E-state index in [9.17, 15) is 8.42 Å². The number of benzene rings is 1. The largest absolute Gasteiger partial charge is 0.492 e. The molecule has 0 bridgehead atoms. The van der Waals surface area contributed by atoms with Crippen molar-refractivity contribution < 1.29 is 17.7 Å². The van der Waals surface area contributed by atoms with Crippen molar-refractivity contribution in [3.05, 3.63) is 57.8 Å². The Kier molecular flexibility index (Phi) is 8.30. The number of ether oxygens (including phenoxy) is 1. The van der Waals surface area contributed by atoms with Gasteiger partial charge in [0.1, 0.15) is 16.7 Å². The Morgan fingerprint density at radius 1 is 1.35 bits per heavy atom. The van der Waals surface area contributed by atoms with Crippen molar-refractivity contribution in [1.29, 1.82) is 0 Å². The van der Waals surface area contributed by atoms with Crippen LogP contribution in [0.4, 0.5) is 0 Å². The van der Waals surface area contributed by atoms with E-state index in [0.717, 1.165) is 29.9 Å². The standard InChI is InChI=1S/C10H12BrClN2O.C7H8O3S/c11-9-3-8(5-14-10(9)12)15-6-7-1-2-13-4-7;8-11(9,10)6-7-4-2-1-3-5-7/h3,5,7,13H,1-2,4,6H2;1-5H,6H2,(H,8,9,10). The highest BCUT2D eigenvalue weighted by Crippen LogP contribution is 2.24. The second kappa shape index (κ2) is 10.2. The van der Waals surface area contributed by atoms with E-state index in [1.807, 2.05) is 6.07 Å². The van der Waals surface area contributed by atoms with E-state index < -0.39 is 10.1 Å². The number of nitrogens with one attached hydrogen (secondary N) is 1. The van der Waals surface area contributed by atoms with E-state index in [4.69, 9.17) is 20.9 Å². The van der Waals surface area contributed by atoms with Crippen LogP contribution in [-0.2, 0) is 15.9 Å². The molecule has 3 rings (SSSR count). The summed E-state index contributed by atoms with van der Waals surface area (Å²) in [5.74, 6) is 1.06. The lowest BCUT2D eigenvalue weighted by Crippen LogP contribution is -2.15. The lowest BCUT2D eigenvalue weighted by Gasteiger charge is -2.10. The molecule has 1 atom stereocenters. The van der Waals surface area contributed by atoms with Crippen molar-refractivity contribution in [2.24, 2.45) is 5.92 Å². The van der Waals surface area contributed by atoms with Gasteiger partial charge in [-0.15, -0.1) is 0 Å².